The first-order valence-corrected chi connectivity index (χ1v) is 5.77. The zero-order valence-electron chi connectivity index (χ0n) is 9.63. The summed E-state index contributed by atoms with van der Waals surface area (Å²) in [7, 11) is 0. The number of rotatable bonds is 1. The number of hydrogen-bond acceptors (Lipinski definition) is 4. The number of aromatic nitrogens is 4. The van der Waals surface area contributed by atoms with E-state index in [4.69, 9.17) is 17.3 Å². The summed E-state index contributed by atoms with van der Waals surface area (Å²) in [5.74, 6) is 0.650. The first-order chi connectivity index (χ1) is 8.65. The van der Waals surface area contributed by atoms with E-state index in [-0.39, 0.29) is 0 Å². The lowest BCUT2D eigenvalue weighted by Crippen LogP contribution is -1.97. The van der Waals surface area contributed by atoms with Gasteiger partial charge in [0.05, 0.1) is 16.4 Å². The molecule has 0 saturated heterocycles. The van der Waals surface area contributed by atoms with Crippen molar-refractivity contribution in [3.63, 3.8) is 0 Å². The van der Waals surface area contributed by atoms with Gasteiger partial charge in [-0.1, -0.05) is 11.6 Å². The molecule has 0 atom stereocenters. The second-order valence-electron chi connectivity index (χ2n) is 4.00. The molecule has 0 fully saturated rings. The second-order valence-corrected chi connectivity index (χ2v) is 4.41. The summed E-state index contributed by atoms with van der Waals surface area (Å²) in [5, 5.41) is 13.1. The van der Waals surface area contributed by atoms with Gasteiger partial charge in [0.25, 0.3) is 0 Å². The Kier molecular flexibility index (Phi) is 2.41. The maximum atomic E-state index is 5.90. The molecule has 0 saturated carbocycles. The lowest BCUT2D eigenvalue weighted by atomic mass is 10.2. The fraction of sp³-hybridized carbons (Fsp3) is 0.0833. The predicted octanol–water partition coefficient (Wildman–Crippen LogP) is 2.34. The average molecular weight is 260 g/mol. The Balaban J connectivity index is 2.24. The van der Waals surface area contributed by atoms with Gasteiger partial charge < -0.3 is 5.73 Å². The molecule has 3 aromatic rings. The molecule has 2 aromatic heterocycles. The van der Waals surface area contributed by atoms with Crippen molar-refractivity contribution in [3.8, 4) is 11.4 Å². The third kappa shape index (κ3) is 1.69. The molecule has 0 aliphatic carbocycles. The van der Waals surface area contributed by atoms with Crippen LogP contribution in [0.5, 0.6) is 0 Å². The van der Waals surface area contributed by atoms with E-state index in [1.165, 1.54) is 0 Å². The summed E-state index contributed by atoms with van der Waals surface area (Å²) < 4.78 is 1.69. The maximum Gasteiger partial charge on any atom is 0.185 e. The summed E-state index contributed by atoms with van der Waals surface area (Å²) in [6, 6.07) is 9.12. The Morgan fingerprint density at radius 1 is 1.17 bits per heavy atom. The Hall–Kier alpha value is -2.14. The van der Waals surface area contributed by atoms with Gasteiger partial charge in [0.15, 0.2) is 11.5 Å². The topological polar surface area (TPSA) is 69.1 Å². The number of anilines is 1. The molecular formula is C12H10ClN5. The highest BCUT2D eigenvalue weighted by molar-refractivity contribution is 6.33. The smallest absolute Gasteiger partial charge is 0.185 e. The van der Waals surface area contributed by atoms with Crippen LogP contribution in [0.25, 0.3) is 17.0 Å². The van der Waals surface area contributed by atoms with Crippen LogP contribution in [0.4, 0.5) is 5.69 Å². The molecule has 0 spiro atoms. The first kappa shape index (κ1) is 11.0. The molecule has 90 valence electrons. The van der Waals surface area contributed by atoms with E-state index >= 15 is 0 Å². The van der Waals surface area contributed by atoms with Crippen LogP contribution in [0, 0.1) is 6.92 Å². The van der Waals surface area contributed by atoms with E-state index in [1.54, 1.807) is 16.6 Å². The fourth-order valence-electron chi connectivity index (χ4n) is 1.74. The summed E-state index contributed by atoms with van der Waals surface area (Å²) in [5.41, 5.74) is 8.73. The standard InChI is InChI=1S/C12H10ClN5/c1-7-2-5-11-15-16-12(18(11)17-7)8-3-4-9(13)10(14)6-8/h2-6H,14H2,1H3. The Bertz CT molecular complexity index is 734. The van der Waals surface area contributed by atoms with Crippen LogP contribution < -0.4 is 5.73 Å². The van der Waals surface area contributed by atoms with Crippen LogP contribution in [-0.2, 0) is 0 Å². The molecule has 18 heavy (non-hydrogen) atoms. The molecule has 0 radical (unpaired) electrons. The predicted molar refractivity (Wildman–Crippen MR) is 70.4 cm³/mol. The minimum atomic E-state index is 0.513. The zero-order chi connectivity index (χ0) is 12.7. The average Bonchev–Trinajstić information content (AvgIpc) is 2.75. The van der Waals surface area contributed by atoms with Gasteiger partial charge in [-0.15, -0.1) is 10.2 Å². The highest BCUT2D eigenvalue weighted by Gasteiger charge is 2.10. The van der Waals surface area contributed by atoms with Crippen molar-refractivity contribution in [1.29, 1.82) is 0 Å². The van der Waals surface area contributed by atoms with Crippen LogP contribution in [0.3, 0.4) is 0 Å². The van der Waals surface area contributed by atoms with Gasteiger partial charge in [-0.2, -0.15) is 9.61 Å². The summed E-state index contributed by atoms with van der Waals surface area (Å²) in [6.45, 7) is 1.92. The van der Waals surface area contributed by atoms with Crippen molar-refractivity contribution in [2.24, 2.45) is 0 Å². The number of hydrogen-bond donors (Lipinski definition) is 1. The largest absolute Gasteiger partial charge is 0.398 e. The lowest BCUT2D eigenvalue weighted by Gasteiger charge is -2.02. The number of halogens is 1. The van der Waals surface area contributed by atoms with E-state index < -0.39 is 0 Å². The molecule has 0 unspecified atom stereocenters. The fourth-order valence-corrected chi connectivity index (χ4v) is 1.86. The summed E-state index contributed by atoms with van der Waals surface area (Å²) >= 11 is 5.90. The molecular weight excluding hydrogens is 250 g/mol. The monoisotopic (exact) mass is 259 g/mol. The highest BCUT2D eigenvalue weighted by atomic mass is 35.5. The van der Waals surface area contributed by atoms with Gasteiger partial charge in [-0.25, -0.2) is 0 Å². The minimum absolute atomic E-state index is 0.513. The molecule has 3 rings (SSSR count). The molecule has 0 amide bonds. The van der Waals surface area contributed by atoms with Gasteiger partial charge >= 0.3 is 0 Å². The van der Waals surface area contributed by atoms with Crippen molar-refractivity contribution in [3.05, 3.63) is 41.0 Å². The van der Waals surface area contributed by atoms with Crippen LogP contribution in [0.2, 0.25) is 5.02 Å². The first-order valence-electron chi connectivity index (χ1n) is 5.39. The third-order valence-electron chi connectivity index (χ3n) is 2.65. The Labute approximate surface area is 108 Å². The van der Waals surface area contributed by atoms with E-state index in [9.17, 15) is 0 Å². The number of aryl methyl sites for hydroxylation is 1. The van der Waals surface area contributed by atoms with Crippen LogP contribution >= 0.6 is 11.6 Å². The van der Waals surface area contributed by atoms with Gasteiger partial charge in [0, 0.05) is 5.56 Å². The molecule has 5 nitrogen and oxygen atoms in total. The second kappa shape index (κ2) is 3.96. The van der Waals surface area contributed by atoms with Crippen molar-refractivity contribution >= 4 is 22.9 Å². The van der Waals surface area contributed by atoms with E-state index in [1.807, 2.05) is 25.1 Å². The lowest BCUT2D eigenvalue weighted by molar-refractivity contribution is 0.902. The number of fused-ring (bicyclic) bond motifs is 1. The number of nitrogen functional groups attached to an aromatic ring is 1. The van der Waals surface area contributed by atoms with Crippen molar-refractivity contribution in [1.82, 2.24) is 19.8 Å². The summed E-state index contributed by atoms with van der Waals surface area (Å²) in [6.07, 6.45) is 0. The molecule has 0 bridgehead atoms. The maximum absolute atomic E-state index is 5.90. The van der Waals surface area contributed by atoms with Crippen molar-refractivity contribution in [2.45, 2.75) is 6.92 Å². The van der Waals surface area contributed by atoms with Gasteiger partial charge in [-0.05, 0) is 37.3 Å². The summed E-state index contributed by atoms with van der Waals surface area (Å²) in [4.78, 5) is 0. The number of nitrogens with two attached hydrogens (primary N) is 1. The van der Waals surface area contributed by atoms with Gasteiger partial charge in [0.2, 0.25) is 0 Å². The molecule has 0 aliphatic heterocycles. The van der Waals surface area contributed by atoms with Crippen molar-refractivity contribution < 1.29 is 0 Å². The minimum Gasteiger partial charge on any atom is -0.398 e. The molecule has 2 N–H and O–H groups in total. The van der Waals surface area contributed by atoms with Crippen molar-refractivity contribution in [2.75, 3.05) is 5.73 Å². The van der Waals surface area contributed by atoms with E-state index in [0.29, 0.717) is 22.2 Å². The highest BCUT2D eigenvalue weighted by Crippen LogP contribution is 2.25. The van der Waals surface area contributed by atoms with Crippen LogP contribution in [0.1, 0.15) is 5.69 Å². The Morgan fingerprint density at radius 3 is 2.78 bits per heavy atom. The molecule has 1 aromatic carbocycles. The third-order valence-corrected chi connectivity index (χ3v) is 2.99. The quantitative estimate of drug-likeness (QED) is 0.681. The number of nitrogens with zero attached hydrogens (tertiary/aromatic N) is 4. The molecule has 0 aliphatic rings. The zero-order valence-corrected chi connectivity index (χ0v) is 10.4. The molecule has 2 heterocycles. The van der Waals surface area contributed by atoms with Crippen LogP contribution in [0.15, 0.2) is 30.3 Å². The van der Waals surface area contributed by atoms with E-state index in [2.05, 4.69) is 15.3 Å². The number of benzene rings is 1. The molecule has 6 heteroatoms. The van der Waals surface area contributed by atoms with E-state index in [0.717, 1.165) is 11.3 Å². The van der Waals surface area contributed by atoms with Gasteiger partial charge in [0.1, 0.15) is 0 Å². The van der Waals surface area contributed by atoms with Crippen LogP contribution in [-0.4, -0.2) is 19.8 Å². The normalized spacial score (nSPS) is 11.0. The Morgan fingerprint density at radius 2 is 2.00 bits per heavy atom. The SMILES string of the molecule is Cc1ccc2nnc(-c3ccc(Cl)c(N)c3)n2n1. The van der Waals surface area contributed by atoms with Gasteiger partial charge in [-0.3, -0.25) is 0 Å².